The molecule has 1 aliphatic heterocycles. The van der Waals surface area contributed by atoms with Crippen molar-refractivity contribution in [2.75, 3.05) is 38.2 Å². The maximum absolute atomic E-state index is 12.6. The number of amides is 1. The van der Waals surface area contributed by atoms with Crippen molar-refractivity contribution in [1.82, 2.24) is 9.88 Å². The molecule has 168 valence electrons. The van der Waals surface area contributed by atoms with E-state index in [4.69, 9.17) is 29.5 Å². The van der Waals surface area contributed by atoms with E-state index in [1.54, 1.807) is 0 Å². The Morgan fingerprint density at radius 2 is 1.74 bits per heavy atom. The lowest BCUT2D eigenvalue weighted by Crippen LogP contribution is -2.41. The first-order chi connectivity index (χ1) is 14.9. The van der Waals surface area contributed by atoms with E-state index in [0.29, 0.717) is 19.8 Å². The number of carbonyl (C=O) groups excluding carboxylic acids is 1. The van der Waals surface area contributed by atoms with E-state index in [9.17, 15) is 4.79 Å². The molecule has 9 nitrogen and oxygen atoms in total. The largest absolute Gasteiger partial charge is 0.473 e. The van der Waals surface area contributed by atoms with Gasteiger partial charge in [-0.15, -0.1) is 0 Å². The molecule has 0 unspecified atom stereocenters. The van der Waals surface area contributed by atoms with E-state index in [1.807, 2.05) is 24.3 Å². The van der Waals surface area contributed by atoms with Gasteiger partial charge < -0.3 is 20.3 Å². The average molecular weight is 431 g/mol. The highest BCUT2D eigenvalue weighted by molar-refractivity contribution is 6.27. The van der Waals surface area contributed by atoms with E-state index in [0.717, 1.165) is 60.2 Å². The highest BCUT2D eigenvalue weighted by Gasteiger charge is 2.18. The van der Waals surface area contributed by atoms with Crippen molar-refractivity contribution in [3.8, 4) is 0 Å². The molecule has 0 bridgehead atoms. The van der Waals surface area contributed by atoms with E-state index < -0.39 is 11.9 Å². The highest BCUT2D eigenvalue weighted by atomic mass is 16.5. The number of para-hydroxylation sites is 1. The monoisotopic (exact) mass is 431 g/mol. The van der Waals surface area contributed by atoms with E-state index >= 15 is 0 Å². The van der Waals surface area contributed by atoms with Crippen LogP contribution in [0.15, 0.2) is 24.3 Å². The summed E-state index contributed by atoms with van der Waals surface area (Å²) in [5.74, 6) is -3.61. The Balaban J connectivity index is 0.000000501. The molecule has 0 saturated carbocycles. The summed E-state index contributed by atoms with van der Waals surface area (Å²) in [5.41, 5.74) is 4.15. The first kappa shape index (κ1) is 24.2. The number of carboxylic acid groups (broad SMARTS) is 2. The van der Waals surface area contributed by atoms with Crippen LogP contribution in [-0.2, 0) is 32.0 Å². The standard InChI is InChI=1S/C20H27N3O2.C2H2O4/c1-3-7-17-15(4-2)20(16-8-5-6-9-18(16)21-17)22-19(24)14-23-10-12-25-13-11-23;3-1(4)2(5)6/h5-6,8-9H,3-4,7,10-14H2,1-2H3,(H,21,22,24);(H,3,4)(H,5,6). The lowest BCUT2D eigenvalue weighted by atomic mass is 10.0. The minimum Gasteiger partial charge on any atom is -0.473 e. The van der Waals surface area contributed by atoms with Crippen molar-refractivity contribution in [2.24, 2.45) is 0 Å². The average Bonchev–Trinajstić information content (AvgIpc) is 2.75. The molecule has 0 atom stereocenters. The van der Waals surface area contributed by atoms with Crippen molar-refractivity contribution in [2.45, 2.75) is 33.1 Å². The normalized spacial score (nSPS) is 13.9. The van der Waals surface area contributed by atoms with Gasteiger partial charge in [0.1, 0.15) is 0 Å². The second kappa shape index (κ2) is 12.0. The smallest absolute Gasteiger partial charge is 0.414 e. The van der Waals surface area contributed by atoms with Crippen LogP contribution in [0.5, 0.6) is 0 Å². The third kappa shape index (κ3) is 7.01. The number of aryl methyl sites for hydroxylation is 1. The number of carboxylic acids is 2. The highest BCUT2D eigenvalue weighted by Crippen LogP contribution is 2.30. The molecular weight excluding hydrogens is 402 g/mol. The van der Waals surface area contributed by atoms with Gasteiger partial charge in [-0.3, -0.25) is 14.7 Å². The third-order valence-electron chi connectivity index (χ3n) is 4.84. The van der Waals surface area contributed by atoms with Crippen molar-refractivity contribution in [3.63, 3.8) is 0 Å². The van der Waals surface area contributed by atoms with Crippen LogP contribution in [0.3, 0.4) is 0 Å². The summed E-state index contributed by atoms with van der Waals surface area (Å²) >= 11 is 0. The Morgan fingerprint density at radius 1 is 1.10 bits per heavy atom. The predicted molar refractivity (Wildman–Crippen MR) is 116 cm³/mol. The topological polar surface area (TPSA) is 129 Å². The van der Waals surface area contributed by atoms with Crippen LogP contribution in [0.1, 0.15) is 31.5 Å². The van der Waals surface area contributed by atoms with Crippen molar-refractivity contribution < 1.29 is 29.3 Å². The van der Waals surface area contributed by atoms with Gasteiger partial charge in [-0.1, -0.05) is 38.5 Å². The van der Waals surface area contributed by atoms with Crippen molar-refractivity contribution in [3.05, 3.63) is 35.5 Å². The number of fused-ring (bicyclic) bond motifs is 1. The van der Waals surface area contributed by atoms with Gasteiger partial charge in [0.25, 0.3) is 0 Å². The molecule has 1 aliphatic rings. The number of hydrogen-bond donors (Lipinski definition) is 3. The number of anilines is 1. The van der Waals surface area contributed by atoms with E-state index in [1.165, 1.54) is 0 Å². The summed E-state index contributed by atoms with van der Waals surface area (Å²) in [5, 5.41) is 19.0. The quantitative estimate of drug-likeness (QED) is 0.594. The number of hydrogen-bond acceptors (Lipinski definition) is 6. The first-order valence-electron chi connectivity index (χ1n) is 10.3. The molecule has 0 spiro atoms. The number of benzene rings is 1. The number of aliphatic carboxylic acids is 2. The minimum absolute atomic E-state index is 0.0374. The van der Waals surface area contributed by atoms with Crippen LogP contribution in [0.25, 0.3) is 10.9 Å². The third-order valence-corrected chi connectivity index (χ3v) is 4.84. The summed E-state index contributed by atoms with van der Waals surface area (Å²) in [4.78, 5) is 37.8. The minimum atomic E-state index is -1.82. The van der Waals surface area contributed by atoms with Crippen LogP contribution in [0.4, 0.5) is 5.69 Å². The van der Waals surface area contributed by atoms with Gasteiger partial charge in [0, 0.05) is 24.2 Å². The maximum Gasteiger partial charge on any atom is 0.414 e. The lowest BCUT2D eigenvalue weighted by molar-refractivity contribution is -0.159. The molecule has 0 aliphatic carbocycles. The molecule has 2 aromatic rings. The molecule has 9 heteroatoms. The second-order valence-corrected chi connectivity index (χ2v) is 7.08. The SMILES string of the molecule is CCCc1nc2ccccc2c(NC(=O)CN2CCOCC2)c1CC.O=C(O)C(=O)O. The molecule has 1 aromatic heterocycles. The Hall–Kier alpha value is -3.04. The number of ether oxygens (including phenoxy) is 1. The van der Waals surface area contributed by atoms with Gasteiger partial charge in [0.15, 0.2) is 0 Å². The zero-order chi connectivity index (χ0) is 22.8. The molecule has 3 N–H and O–H groups in total. The summed E-state index contributed by atoms with van der Waals surface area (Å²) in [6, 6.07) is 8.06. The van der Waals surface area contributed by atoms with E-state index in [2.05, 4.69) is 24.1 Å². The number of morpholine rings is 1. The molecule has 2 heterocycles. The Morgan fingerprint density at radius 3 is 2.32 bits per heavy atom. The van der Waals surface area contributed by atoms with Gasteiger partial charge in [-0.2, -0.15) is 0 Å². The summed E-state index contributed by atoms with van der Waals surface area (Å²) in [6.07, 6.45) is 2.83. The number of pyridine rings is 1. The van der Waals surface area contributed by atoms with Gasteiger partial charge >= 0.3 is 11.9 Å². The number of carbonyl (C=O) groups is 3. The second-order valence-electron chi connectivity index (χ2n) is 7.08. The Bertz CT molecular complexity index is 913. The van der Waals surface area contributed by atoms with Crippen LogP contribution >= 0.6 is 0 Å². The molecule has 1 fully saturated rings. The molecule has 1 saturated heterocycles. The fraction of sp³-hybridized carbons (Fsp3) is 0.455. The van der Waals surface area contributed by atoms with Gasteiger partial charge in [-0.05, 0) is 24.5 Å². The predicted octanol–water partition coefficient (Wildman–Crippen LogP) is 2.18. The van der Waals surface area contributed by atoms with Gasteiger partial charge in [0.05, 0.1) is 31.0 Å². The van der Waals surface area contributed by atoms with Crippen LogP contribution in [0, 0.1) is 0 Å². The maximum atomic E-state index is 12.6. The van der Waals surface area contributed by atoms with E-state index in [-0.39, 0.29) is 5.91 Å². The lowest BCUT2D eigenvalue weighted by Gasteiger charge is -2.26. The molecule has 1 aromatic carbocycles. The fourth-order valence-electron chi connectivity index (χ4n) is 3.41. The summed E-state index contributed by atoms with van der Waals surface area (Å²) in [6.45, 7) is 7.72. The molecule has 31 heavy (non-hydrogen) atoms. The van der Waals surface area contributed by atoms with Gasteiger partial charge in [0.2, 0.25) is 5.91 Å². The number of rotatable bonds is 6. The Labute approximate surface area is 181 Å². The van der Waals surface area contributed by atoms with Crippen molar-refractivity contribution >= 4 is 34.4 Å². The first-order valence-corrected chi connectivity index (χ1v) is 10.3. The number of nitrogens with one attached hydrogen (secondary N) is 1. The molecular formula is C22H29N3O6. The molecule has 1 amide bonds. The molecule has 0 radical (unpaired) electrons. The van der Waals surface area contributed by atoms with Crippen LogP contribution < -0.4 is 5.32 Å². The van der Waals surface area contributed by atoms with Crippen LogP contribution in [0.2, 0.25) is 0 Å². The zero-order valence-corrected chi connectivity index (χ0v) is 17.9. The number of nitrogens with zero attached hydrogens (tertiary/aromatic N) is 2. The Kier molecular flexibility index (Phi) is 9.36. The molecule has 3 rings (SSSR count). The van der Waals surface area contributed by atoms with Crippen molar-refractivity contribution in [1.29, 1.82) is 0 Å². The van der Waals surface area contributed by atoms with Gasteiger partial charge in [-0.25, -0.2) is 9.59 Å². The van der Waals surface area contributed by atoms with Crippen LogP contribution in [-0.4, -0.2) is 70.8 Å². The number of aromatic nitrogens is 1. The summed E-state index contributed by atoms with van der Waals surface area (Å²) in [7, 11) is 0. The zero-order valence-electron chi connectivity index (χ0n) is 17.9. The summed E-state index contributed by atoms with van der Waals surface area (Å²) < 4.78 is 5.35. The fourth-order valence-corrected chi connectivity index (χ4v) is 3.41.